The van der Waals surface area contributed by atoms with Crippen molar-refractivity contribution in [3.05, 3.63) is 29.8 Å². The normalized spacial score (nSPS) is 10.0. The molecule has 0 aliphatic heterocycles. The topological polar surface area (TPSA) is 66.8 Å². The van der Waals surface area contributed by atoms with Crippen LogP contribution in [0.1, 0.15) is 18.4 Å². The standard InChI is InChI=1S/C14H19NO4/c1-11-3-5-12(6-4-11)19-10-8-13(16)15(2)9-7-14(17)18/h3-6H,7-10H2,1-2H3,(H,17,18). The van der Waals surface area contributed by atoms with Gasteiger partial charge in [0.1, 0.15) is 5.75 Å². The Morgan fingerprint density at radius 2 is 1.84 bits per heavy atom. The van der Waals surface area contributed by atoms with E-state index >= 15 is 0 Å². The second-order valence-electron chi connectivity index (χ2n) is 4.37. The van der Waals surface area contributed by atoms with Crippen molar-refractivity contribution in [3.8, 4) is 5.75 Å². The van der Waals surface area contributed by atoms with Gasteiger partial charge in [-0.25, -0.2) is 0 Å². The van der Waals surface area contributed by atoms with Gasteiger partial charge in [0.05, 0.1) is 19.4 Å². The van der Waals surface area contributed by atoms with Gasteiger partial charge in [-0.1, -0.05) is 17.7 Å². The molecule has 5 nitrogen and oxygen atoms in total. The Kier molecular flexibility index (Phi) is 5.85. The summed E-state index contributed by atoms with van der Waals surface area (Å²) in [4.78, 5) is 23.5. The lowest BCUT2D eigenvalue weighted by molar-refractivity contribution is -0.138. The first kappa shape index (κ1) is 15.0. The second-order valence-corrected chi connectivity index (χ2v) is 4.37. The third kappa shape index (κ3) is 5.90. The van der Waals surface area contributed by atoms with Gasteiger partial charge in [-0.05, 0) is 19.1 Å². The van der Waals surface area contributed by atoms with E-state index in [1.807, 2.05) is 31.2 Å². The highest BCUT2D eigenvalue weighted by molar-refractivity contribution is 5.76. The number of carbonyl (C=O) groups excluding carboxylic acids is 1. The Morgan fingerprint density at radius 3 is 2.42 bits per heavy atom. The molecule has 19 heavy (non-hydrogen) atoms. The van der Waals surface area contributed by atoms with Gasteiger partial charge >= 0.3 is 5.97 Å². The van der Waals surface area contributed by atoms with Crippen molar-refractivity contribution >= 4 is 11.9 Å². The van der Waals surface area contributed by atoms with E-state index in [-0.39, 0.29) is 25.3 Å². The fraction of sp³-hybridized carbons (Fsp3) is 0.429. The van der Waals surface area contributed by atoms with Crippen LogP contribution in [0.2, 0.25) is 0 Å². The monoisotopic (exact) mass is 265 g/mol. The minimum atomic E-state index is -0.907. The molecule has 1 amide bonds. The summed E-state index contributed by atoms with van der Waals surface area (Å²) < 4.78 is 5.44. The van der Waals surface area contributed by atoms with Gasteiger partial charge in [0.15, 0.2) is 0 Å². The third-order valence-electron chi connectivity index (χ3n) is 2.69. The molecule has 5 heteroatoms. The molecule has 0 saturated carbocycles. The molecule has 0 radical (unpaired) electrons. The van der Waals surface area contributed by atoms with Crippen LogP contribution in [0.3, 0.4) is 0 Å². The molecule has 1 aromatic rings. The molecule has 0 saturated heterocycles. The molecule has 0 atom stereocenters. The largest absolute Gasteiger partial charge is 0.493 e. The first-order valence-electron chi connectivity index (χ1n) is 6.14. The molecule has 0 fully saturated rings. The van der Waals surface area contributed by atoms with Gasteiger partial charge in [-0.3, -0.25) is 9.59 Å². The van der Waals surface area contributed by atoms with E-state index in [9.17, 15) is 9.59 Å². The quantitative estimate of drug-likeness (QED) is 0.814. The summed E-state index contributed by atoms with van der Waals surface area (Å²) in [7, 11) is 1.59. The summed E-state index contributed by atoms with van der Waals surface area (Å²) >= 11 is 0. The molecule has 104 valence electrons. The van der Waals surface area contributed by atoms with Crippen molar-refractivity contribution in [3.63, 3.8) is 0 Å². The predicted octanol–water partition coefficient (Wildman–Crippen LogP) is 1.70. The summed E-state index contributed by atoms with van der Waals surface area (Å²) in [6, 6.07) is 7.59. The second kappa shape index (κ2) is 7.41. The highest BCUT2D eigenvalue weighted by Crippen LogP contribution is 2.11. The summed E-state index contributed by atoms with van der Waals surface area (Å²) in [6.07, 6.45) is 0.199. The molecule has 0 aliphatic rings. The predicted molar refractivity (Wildman–Crippen MR) is 71.2 cm³/mol. The van der Waals surface area contributed by atoms with Crippen molar-refractivity contribution in [1.82, 2.24) is 4.90 Å². The van der Waals surface area contributed by atoms with Gasteiger partial charge in [0.2, 0.25) is 5.91 Å². The molecule has 1 aromatic carbocycles. The third-order valence-corrected chi connectivity index (χ3v) is 2.69. The number of nitrogens with zero attached hydrogens (tertiary/aromatic N) is 1. The van der Waals surface area contributed by atoms with E-state index in [0.717, 1.165) is 11.3 Å². The van der Waals surface area contributed by atoms with Crippen LogP contribution in [-0.4, -0.2) is 42.1 Å². The molecule has 0 aliphatic carbocycles. The molecule has 0 heterocycles. The average molecular weight is 265 g/mol. The van der Waals surface area contributed by atoms with Crippen molar-refractivity contribution < 1.29 is 19.4 Å². The van der Waals surface area contributed by atoms with E-state index in [0.29, 0.717) is 6.61 Å². The molecule has 1 rings (SSSR count). The Balaban J connectivity index is 2.26. The fourth-order valence-electron chi connectivity index (χ4n) is 1.47. The summed E-state index contributed by atoms with van der Waals surface area (Å²) in [5.41, 5.74) is 1.15. The zero-order valence-electron chi connectivity index (χ0n) is 11.3. The Labute approximate surface area is 112 Å². The molecule has 0 aromatic heterocycles. The minimum absolute atomic E-state index is 0.0406. The maximum Gasteiger partial charge on any atom is 0.305 e. The smallest absolute Gasteiger partial charge is 0.305 e. The van der Waals surface area contributed by atoms with E-state index in [1.165, 1.54) is 4.90 Å². The van der Waals surface area contributed by atoms with Crippen LogP contribution in [0.4, 0.5) is 0 Å². The average Bonchev–Trinajstić information content (AvgIpc) is 2.38. The molecular weight excluding hydrogens is 246 g/mol. The summed E-state index contributed by atoms with van der Waals surface area (Å²) in [5.74, 6) is -0.296. The van der Waals surface area contributed by atoms with Gasteiger partial charge < -0.3 is 14.7 Å². The molecule has 0 unspecified atom stereocenters. The zero-order valence-corrected chi connectivity index (χ0v) is 11.3. The Hall–Kier alpha value is -2.04. The first-order chi connectivity index (χ1) is 8.99. The van der Waals surface area contributed by atoms with E-state index in [1.54, 1.807) is 7.05 Å². The molecule has 0 bridgehead atoms. The van der Waals surface area contributed by atoms with Crippen LogP contribution < -0.4 is 4.74 Å². The maximum atomic E-state index is 11.7. The number of hydrogen-bond donors (Lipinski definition) is 1. The lowest BCUT2D eigenvalue weighted by Crippen LogP contribution is -2.30. The minimum Gasteiger partial charge on any atom is -0.493 e. The van der Waals surface area contributed by atoms with E-state index < -0.39 is 5.97 Å². The number of ether oxygens (including phenoxy) is 1. The summed E-state index contributed by atoms with van der Waals surface area (Å²) in [6.45, 7) is 2.50. The van der Waals surface area contributed by atoms with Crippen LogP contribution in [-0.2, 0) is 9.59 Å². The lowest BCUT2D eigenvalue weighted by Gasteiger charge is -2.16. The molecule has 1 N–H and O–H groups in total. The lowest BCUT2D eigenvalue weighted by atomic mass is 10.2. The maximum absolute atomic E-state index is 11.7. The van der Waals surface area contributed by atoms with Crippen molar-refractivity contribution in [2.45, 2.75) is 19.8 Å². The molecule has 0 spiro atoms. The zero-order chi connectivity index (χ0) is 14.3. The highest BCUT2D eigenvalue weighted by Gasteiger charge is 2.10. The fourth-order valence-corrected chi connectivity index (χ4v) is 1.47. The van der Waals surface area contributed by atoms with Crippen LogP contribution in [0.25, 0.3) is 0 Å². The van der Waals surface area contributed by atoms with E-state index in [2.05, 4.69) is 0 Å². The van der Waals surface area contributed by atoms with Crippen LogP contribution in [0.15, 0.2) is 24.3 Å². The van der Waals surface area contributed by atoms with E-state index in [4.69, 9.17) is 9.84 Å². The number of rotatable bonds is 7. The summed E-state index contributed by atoms with van der Waals surface area (Å²) in [5, 5.41) is 8.53. The number of amides is 1. The van der Waals surface area contributed by atoms with Crippen molar-refractivity contribution in [2.24, 2.45) is 0 Å². The van der Waals surface area contributed by atoms with Crippen LogP contribution in [0.5, 0.6) is 5.75 Å². The Morgan fingerprint density at radius 1 is 1.21 bits per heavy atom. The Bertz CT molecular complexity index is 428. The number of hydrogen-bond acceptors (Lipinski definition) is 3. The van der Waals surface area contributed by atoms with Gasteiger partial charge in [0.25, 0.3) is 0 Å². The highest BCUT2D eigenvalue weighted by atomic mass is 16.5. The molecular formula is C14H19NO4. The number of carboxylic acids is 1. The van der Waals surface area contributed by atoms with Crippen LogP contribution in [0, 0.1) is 6.92 Å². The number of aliphatic carboxylic acids is 1. The van der Waals surface area contributed by atoms with Gasteiger partial charge in [-0.15, -0.1) is 0 Å². The van der Waals surface area contributed by atoms with Gasteiger partial charge in [-0.2, -0.15) is 0 Å². The number of benzene rings is 1. The first-order valence-corrected chi connectivity index (χ1v) is 6.14. The number of aryl methyl sites for hydroxylation is 1. The number of carbonyl (C=O) groups is 2. The van der Waals surface area contributed by atoms with Crippen molar-refractivity contribution in [2.75, 3.05) is 20.2 Å². The van der Waals surface area contributed by atoms with Gasteiger partial charge in [0, 0.05) is 13.6 Å². The number of carboxylic acid groups (broad SMARTS) is 1. The van der Waals surface area contributed by atoms with Crippen LogP contribution >= 0.6 is 0 Å². The van der Waals surface area contributed by atoms with Crippen molar-refractivity contribution in [1.29, 1.82) is 0 Å². The SMILES string of the molecule is Cc1ccc(OCCC(=O)N(C)CCC(=O)O)cc1.